The summed E-state index contributed by atoms with van der Waals surface area (Å²) < 4.78 is 12.3. The number of ether oxygens (including phenoxy) is 2. The first-order valence-corrected chi connectivity index (χ1v) is 5.25. The van der Waals surface area contributed by atoms with E-state index in [2.05, 4.69) is 22.6 Å². The Morgan fingerprint density at radius 2 is 2.30 bits per heavy atom. The van der Waals surface area contributed by atoms with Crippen molar-refractivity contribution in [1.29, 1.82) is 0 Å². The summed E-state index contributed by atoms with van der Waals surface area (Å²) in [6.07, 6.45) is 3.56. The van der Waals surface area contributed by atoms with Gasteiger partial charge in [0, 0.05) is 17.5 Å². The van der Waals surface area contributed by atoms with E-state index in [0.717, 1.165) is 23.9 Å². The van der Waals surface area contributed by atoms with Gasteiger partial charge in [0.15, 0.2) is 0 Å². The van der Waals surface area contributed by atoms with Crippen LogP contribution in [0.2, 0.25) is 0 Å². The molecule has 0 aromatic heterocycles. The standard InChI is InChI=1S/C7H11IO2/c8-4-5-3-7-6(10-5)1-2-9-7/h5-7H,1-4H2. The van der Waals surface area contributed by atoms with E-state index in [1.165, 1.54) is 0 Å². The quantitative estimate of drug-likeness (QED) is 0.519. The lowest BCUT2D eigenvalue weighted by molar-refractivity contribution is 0.0494. The van der Waals surface area contributed by atoms with Crippen molar-refractivity contribution in [2.75, 3.05) is 11.0 Å². The minimum atomic E-state index is 0.430. The third-order valence-corrected chi connectivity index (χ3v) is 3.17. The molecule has 2 heterocycles. The van der Waals surface area contributed by atoms with Crippen LogP contribution in [0.4, 0.5) is 0 Å². The number of halogens is 1. The second-order valence-corrected chi connectivity index (χ2v) is 3.77. The Kier molecular flexibility index (Phi) is 2.15. The van der Waals surface area contributed by atoms with Crippen LogP contribution in [0.3, 0.4) is 0 Å². The Labute approximate surface area is 74.4 Å². The zero-order valence-corrected chi connectivity index (χ0v) is 7.91. The molecular formula is C7H11IO2. The van der Waals surface area contributed by atoms with Crippen LogP contribution in [0.5, 0.6) is 0 Å². The van der Waals surface area contributed by atoms with Crippen LogP contribution < -0.4 is 0 Å². The van der Waals surface area contributed by atoms with Crippen molar-refractivity contribution in [3.63, 3.8) is 0 Å². The van der Waals surface area contributed by atoms with E-state index in [1.54, 1.807) is 0 Å². The molecule has 2 fully saturated rings. The normalized spacial score (nSPS) is 45.9. The molecule has 0 N–H and O–H groups in total. The lowest BCUT2D eigenvalue weighted by atomic mass is 10.1. The Morgan fingerprint density at radius 1 is 1.40 bits per heavy atom. The molecule has 0 aliphatic carbocycles. The van der Waals surface area contributed by atoms with E-state index in [-0.39, 0.29) is 0 Å². The molecule has 0 radical (unpaired) electrons. The van der Waals surface area contributed by atoms with Gasteiger partial charge in [-0.2, -0.15) is 0 Å². The topological polar surface area (TPSA) is 18.5 Å². The number of rotatable bonds is 1. The highest BCUT2D eigenvalue weighted by Crippen LogP contribution is 2.30. The lowest BCUT2D eigenvalue weighted by Gasteiger charge is -2.06. The molecule has 0 spiro atoms. The molecule has 0 bridgehead atoms. The van der Waals surface area contributed by atoms with Crippen molar-refractivity contribution in [2.45, 2.75) is 31.2 Å². The fourth-order valence-corrected chi connectivity index (χ4v) is 2.23. The van der Waals surface area contributed by atoms with Gasteiger partial charge in [-0.25, -0.2) is 0 Å². The number of alkyl halides is 1. The lowest BCUT2D eigenvalue weighted by Crippen LogP contribution is -2.13. The van der Waals surface area contributed by atoms with Crippen molar-refractivity contribution in [3.05, 3.63) is 0 Å². The molecule has 0 aromatic carbocycles. The molecule has 3 atom stereocenters. The van der Waals surface area contributed by atoms with Gasteiger partial charge in [0.2, 0.25) is 0 Å². The highest BCUT2D eigenvalue weighted by atomic mass is 127. The predicted molar refractivity (Wildman–Crippen MR) is 46.5 cm³/mol. The van der Waals surface area contributed by atoms with E-state index >= 15 is 0 Å². The number of hydrogen-bond acceptors (Lipinski definition) is 2. The highest BCUT2D eigenvalue weighted by molar-refractivity contribution is 14.1. The molecule has 0 aromatic rings. The third kappa shape index (κ3) is 1.19. The maximum Gasteiger partial charge on any atom is 0.0863 e. The molecule has 3 unspecified atom stereocenters. The van der Waals surface area contributed by atoms with Crippen LogP contribution in [0.15, 0.2) is 0 Å². The largest absolute Gasteiger partial charge is 0.375 e. The maximum atomic E-state index is 5.70. The molecule has 3 heteroatoms. The van der Waals surface area contributed by atoms with Gasteiger partial charge in [-0.1, -0.05) is 22.6 Å². The number of fused-ring (bicyclic) bond motifs is 1. The van der Waals surface area contributed by atoms with E-state index < -0.39 is 0 Å². The van der Waals surface area contributed by atoms with Gasteiger partial charge in [0.1, 0.15) is 0 Å². The summed E-state index contributed by atoms with van der Waals surface area (Å²) in [4.78, 5) is 0. The Hall–Kier alpha value is 0.650. The second-order valence-electron chi connectivity index (χ2n) is 2.88. The minimum Gasteiger partial charge on any atom is -0.375 e. The van der Waals surface area contributed by atoms with Crippen LogP contribution in [0.25, 0.3) is 0 Å². The average molecular weight is 254 g/mol. The fourth-order valence-electron chi connectivity index (χ4n) is 1.67. The van der Waals surface area contributed by atoms with Crippen LogP contribution in [0, 0.1) is 0 Å². The SMILES string of the molecule is ICC1CC2OCCC2O1. The van der Waals surface area contributed by atoms with Crippen LogP contribution in [-0.2, 0) is 9.47 Å². The first kappa shape index (κ1) is 7.31. The van der Waals surface area contributed by atoms with E-state index in [0.29, 0.717) is 18.3 Å². The van der Waals surface area contributed by atoms with Gasteiger partial charge in [-0.15, -0.1) is 0 Å². The summed E-state index contributed by atoms with van der Waals surface area (Å²) in [5, 5.41) is 0. The van der Waals surface area contributed by atoms with Gasteiger partial charge in [-0.05, 0) is 6.42 Å². The molecular weight excluding hydrogens is 243 g/mol. The smallest absolute Gasteiger partial charge is 0.0863 e. The molecule has 2 aliphatic rings. The zero-order chi connectivity index (χ0) is 6.97. The monoisotopic (exact) mass is 254 g/mol. The maximum absolute atomic E-state index is 5.70. The predicted octanol–water partition coefficient (Wildman–Crippen LogP) is 1.37. The molecule has 2 nitrogen and oxygen atoms in total. The van der Waals surface area contributed by atoms with Gasteiger partial charge in [-0.3, -0.25) is 0 Å². The van der Waals surface area contributed by atoms with Crippen molar-refractivity contribution in [2.24, 2.45) is 0 Å². The molecule has 0 saturated carbocycles. The van der Waals surface area contributed by atoms with Crippen LogP contribution >= 0.6 is 22.6 Å². The van der Waals surface area contributed by atoms with Gasteiger partial charge >= 0.3 is 0 Å². The number of hydrogen-bond donors (Lipinski definition) is 0. The third-order valence-electron chi connectivity index (χ3n) is 2.18. The first-order valence-electron chi connectivity index (χ1n) is 3.73. The summed E-state index contributed by atoms with van der Waals surface area (Å²) in [6.45, 7) is 0.906. The Morgan fingerprint density at radius 3 is 3.00 bits per heavy atom. The van der Waals surface area contributed by atoms with E-state index in [1.807, 2.05) is 0 Å². The van der Waals surface area contributed by atoms with E-state index in [4.69, 9.17) is 9.47 Å². The highest BCUT2D eigenvalue weighted by Gasteiger charge is 2.38. The average Bonchev–Trinajstić information content (AvgIpc) is 2.42. The van der Waals surface area contributed by atoms with Crippen molar-refractivity contribution < 1.29 is 9.47 Å². The van der Waals surface area contributed by atoms with Gasteiger partial charge < -0.3 is 9.47 Å². The summed E-state index contributed by atoms with van der Waals surface area (Å²) >= 11 is 2.37. The van der Waals surface area contributed by atoms with Gasteiger partial charge in [0.05, 0.1) is 18.3 Å². The van der Waals surface area contributed by atoms with Crippen molar-refractivity contribution in [1.82, 2.24) is 0 Å². The molecule has 58 valence electrons. The van der Waals surface area contributed by atoms with E-state index in [9.17, 15) is 0 Å². The summed E-state index contributed by atoms with van der Waals surface area (Å²) in [5.41, 5.74) is 0. The fraction of sp³-hybridized carbons (Fsp3) is 1.00. The molecule has 0 amide bonds. The summed E-state index contributed by atoms with van der Waals surface area (Å²) in [6, 6.07) is 0. The first-order chi connectivity index (χ1) is 4.90. The second kappa shape index (κ2) is 2.95. The summed E-state index contributed by atoms with van der Waals surface area (Å²) in [7, 11) is 0. The summed E-state index contributed by atoms with van der Waals surface area (Å²) in [5.74, 6) is 0. The Balaban J connectivity index is 1.94. The minimum absolute atomic E-state index is 0.430. The zero-order valence-electron chi connectivity index (χ0n) is 5.75. The van der Waals surface area contributed by atoms with Gasteiger partial charge in [0.25, 0.3) is 0 Å². The van der Waals surface area contributed by atoms with Crippen LogP contribution in [-0.4, -0.2) is 29.3 Å². The molecule has 2 aliphatic heterocycles. The Bertz CT molecular complexity index is 117. The molecule has 2 saturated heterocycles. The van der Waals surface area contributed by atoms with Crippen molar-refractivity contribution >= 4 is 22.6 Å². The van der Waals surface area contributed by atoms with Crippen molar-refractivity contribution in [3.8, 4) is 0 Å². The molecule has 2 rings (SSSR count). The molecule has 10 heavy (non-hydrogen) atoms. The van der Waals surface area contributed by atoms with Crippen LogP contribution in [0.1, 0.15) is 12.8 Å².